The second-order valence-corrected chi connectivity index (χ2v) is 11.0. The predicted octanol–water partition coefficient (Wildman–Crippen LogP) is 6.09. The number of halogens is 1. The maximum Gasteiger partial charge on any atom is 0.188 e. The quantitative estimate of drug-likeness (QED) is 0.499. The Balaban J connectivity index is 1.50. The first-order chi connectivity index (χ1) is 14.5. The summed E-state index contributed by atoms with van der Waals surface area (Å²) >= 11 is 3.59. The number of benzene rings is 1. The minimum atomic E-state index is -0.480. The van der Waals surface area contributed by atoms with Gasteiger partial charge in [0.05, 0.1) is 13.2 Å². The van der Waals surface area contributed by atoms with Gasteiger partial charge in [-0.1, -0.05) is 40.6 Å². The van der Waals surface area contributed by atoms with E-state index in [0.29, 0.717) is 36.8 Å². The smallest absolute Gasteiger partial charge is 0.188 e. The molecule has 3 fully saturated rings. The van der Waals surface area contributed by atoms with Crippen LogP contribution in [0.5, 0.6) is 0 Å². The number of hydrogen-bond acceptors (Lipinski definition) is 3. The number of allylic oxidation sites excluding steroid dienone is 3. The Morgan fingerprint density at radius 1 is 1.03 bits per heavy atom. The molecule has 1 heterocycles. The minimum absolute atomic E-state index is 0.165. The predicted molar refractivity (Wildman–Crippen MR) is 119 cm³/mol. The lowest BCUT2D eigenvalue weighted by Gasteiger charge is -2.50. The van der Waals surface area contributed by atoms with E-state index in [0.717, 1.165) is 49.4 Å². The van der Waals surface area contributed by atoms with Gasteiger partial charge in [-0.25, -0.2) is 0 Å². The van der Waals surface area contributed by atoms with Crippen LogP contribution < -0.4 is 0 Å². The van der Waals surface area contributed by atoms with Gasteiger partial charge in [0.15, 0.2) is 5.79 Å². The molecule has 1 aromatic carbocycles. The number of hydrogen-bond donors (Lipinski definition) is 0. The average Bonchev–Trinajstić information content (AvgIpc) is 3.32. The monoisotopic (exact) mass is 468 g/mol. The van der Waals surface area contributed by atoms with Crippen LogP contribution in [0.4, 0.5) is 0 Å². The van der Waals surface area contributed by atoms with E-state index in [1.54, 1.807) is 11.1 Å². The maximum absolute atomic E-state index is 13.0. The van der Waals surface area contributed by atoms with Crippen LogP contribution >= 0.6 is 15.9 Å². The average molecular weight is 469 g/mol. The molecule has 1 spiro atoms. The molecule has 0 aromatic heterocycles. The number of fused-ring (bicyclic) bond motifs is 4. The summed E-state index contributed by atoms with van der Waals surface area (Å²) in [7, 11) is 0. The molecule has 0 N–H and O–H groups in total. The summed E-state index contributed by atoms with van der Waals surface area (Å²) in [6, 6.07) is 8.81. The number of ether oxygens (including phenoxy) is 2. The molecule has 2 saturated carbocycles. The van der Waals surface area contributed by atoms with E-state index < -0.39 is 5.79 Å². The standard InChI is InChI=1S/C26H29BrO3/c1-25-15-21(16-2-5-18(27)6-3-16)24-19-10-11-26(29-12-13-30-26)14-17(19)4-7-20(24)22(25)8-9-23(25)28/h2-3,5-6,14,20-22H,4,7-13,15H2,1H3/t20-,21+,22-,25-/m0/s1. The number of Topliss-reactive ketones (excluding diaryl/α,β-unsaturated/α-hetero) is 1. The van der Waals surface area contributed by atoms with Gasteiger partial charge in [0.2, 0.25) is 0 Å². The van der Waals surface area contributed by atoms with Crippen LogP contribution in [0.2, 0.25) is 0 Å². The van der Waals surface area contributed by atoms with Gasteiger partial charge in [-0.15, -0.1) is 0 Å². The fourth-order valence-corrected chi connectivity index (χ4v) is 7.51. The first-order valence-corrected chi connectivity index (χ1v) is 12.3. The second-order valence-electron chi connectivity index (χ2n) is 10.1. The van der Waals surface area contributed by atoms with Crippen LogP contribution in [0, 0.1) is 17.3 Å². The maximum atomic E-state index is 13.0. The van der Waals surface area contributed by atoms with Gasteiger partial charge < -0.3 is 9.47 Å². The Bertz CT molecular complexity index is 953. The lowest BCUT2D eigenvalue weighted by molar-refractivity contribution is -0.128. The van der Waals surface area contributed by atoms with Crippen LogP contribution in [0.25, 0.3) is 0 Å². The van der Waals surface area contributed by atoms with Crippen molar-refractivity contribution >= 4 is 21.7 Å². The highest BCUT2D eigenvalue weighted by Crippen LogP contribution is 2.63. The first-order valence-electron chi connectivity index (χ1n) is 11.5. The topological polar surface area (TPSA) is 35.5 Å². The molecule has 1 aromatic rings. The van der Waals surface area contributed by atoms with Crippen LogP contribution in [-0.2, 0) is 14.3 Å². The number of ketones is 1. The molecule has 0 amide bonds. The zero-order valence-electron chi connectivity index (χ0n) is 17.6. The molecule has 0 unspecified atom stereocenters. The van der Waals surface area contributed by atoms with Gasteiger partial charge in [0, 0.05) is 28.6 Å². The van der Waals surface area contributed by atoms with Crippen molar-refractivity contribution in [3.05, 3.63) is 57.1 Å². The summed E-state index contributed by atoms with van der Waals surface area (Å²) in [5.74, 6) is 1.40. The van der Waals surface area contributed by atoms with Gasteiger partial charge >= 0.3 is 0 Å². The van der Waals surface area contributed by atoms with E-state index in [9.17, 15) is 4.79 Å². The van der Waals surface area contributed by atoms with Crippen molar-refractivity contribution in [2.45, 2.75) is 63.6 Å². The molecule has 158 valence electrons. The summed E-state index contributed by atoms with van der Waals surface area (Å²) in [6.45, 7) is 3.66. The van der Waals surface area contributed by atoms with Gasteiger partial charge in [-0.3, -0.25) is 4.79 Å². The summed E-state index contributed by atoms with van der Waals surface area (Å²) in [5.41, 5.74) is 5.84. The molecule has 1 saturated heterocycles. The summed E-state index contributed by atoms with van der Waals surface area (Å²) in [5, 5.41) is 0. The molecule has 30 heavy (non-hydrogen) atoms. The summed E-state index contributed by atoms with van der Waals surface area (Å²) < 4.78 is 13.1. The molecule has 4 heteroatoms. The van der Waals surface area contributed by atoms with Crippen LogP contribution in [0.1, 0.15) is 63.4 Å². The normalized spacial score (nSPS) is 37.1. The molecular weight excluding hydrogens is 440 g/mol. The molecular formula is C26H29BrO3. The molecule has 6 rings (SSSR count). The van der Waals surface area contributed by atoms with Crippen LogP contribution in [0.3, 0.4) is 0 Å². The van der Waals surface area contributed by atoms with E-state index in [-0.39, 0.29) is 5.41 Å². The van der Waals surface area contributed by atoms with E-state index in [4.69, 9.17) is 9.47 Å². The van der Waals surface area contributed by atoms with E-state index in [1.165, 1.54) is 11.1 Å². The minimum Gasteiger partial charge on any atom is -0.344 e. The zero-order chi connectivity index (χ0) is 20.5. The zero-order valence-corrected chi connectivity index (χ0v) is 19.2. The highest BCUT2D eigenvalue weighted by molar-refractivity contribution is 9.10. The lowest BCUT2D eigenvalue weighted by Crippen LogP contribution is -2.44. The van der Waals surface area contributed by atoms with E-state index in [1.807, 2.05) is 0 Å². The highest BCUT2D eigenvalue weighted by Gasteiger charge is 2.56. The fourth-order valence-electron chi connectivity index (χ4n) is 7.25. The van der Waals surface area contributed by atoms with Gasteiger partial charge in [0.1, 0.15) is 5.78 Å². The Hall–Kier alpha value is -1.23. The van der Waals surface area contributed by atoms with Crippen molar-refractivity contribution in [2.24, 2.45) is 17.3 Å². The highest BCUT2D eigenvalue weighted by atomic mass is 79.9. The van der Waals surface area contributed by atoms with E-state index in [2.05, 4.69) is 53.2 Å². The Morgan fingerprint density at radius 2 is 1.80 bits per heavy atom. The van der Waals surface area contributed by atoms with E-state index >= 15 is 0 Å². The molecule has 0 radical (unpaired) electrons. The number of carbonyl (C=O) groups is 1. The second kappa shape index (κ2) is 6.88. The van der Waals surface area contributed by atoms with Crippen LogP contribution in [-0.4, -0.2) is 24.8 Å². The molecule has 5 aliphatic rings. The van der Waals surface area contributed by atoms with Crippen molar-refractivity contribution < 1.29 is 14.3 Å². The first kappa shape index (κ1) is 19.5. The van der Waals surface area contributed by atoms with Gasteiger partial charge in [-0.2, -0.15) is 0 Å². The van der Waals surface area contributed by atoms with Crippen molar-refractivity contribution in [1.82, 2.24) is 0 Å². The summed E-state index contributed by atoms with van der Waals surface area (Å²) in [6.07, 6.45) is 9.28. The Morgan fingerprint density at radius 3 is 2.57 bits per heavy atom. The molecule has 1 aliphatic heterocycles. The lowest BCUT2D eigenvalue weighted by atomic mass is 9.53. The SMILES string of the molecule is C[C@]12C[C@H](c3ccc(Br)cc3)C3=C4CCC5(C=C4CC[C@H]3[C@@H]1CCC2=O)OCCO5. The van der Waals surface area contributed by atoms with Crippen molar-refractivity contribution in [3.8, 4) is 0 Å². The van der Waals surface area contributed by atoms with Gasteiger partial charge in [-0.05, 0) is 78.9 Å². The molecule has 3 nitrogen and oxygen atoms in total. The summed E-state index contributed by atoms with van der Waals surface area (Å²) in [4.78, 5) is 13.0. The van der Waals surface area contributed by atoms with Gasteiger partial charge in [0.25, 0.3) is 0 Å². The van der Waals surface area contributed by atoms with Crippen LogP contribution in [0.15, 0.2) is 51.5 Å². The number of carbonyl (C=O) groups excluding carboxylic acids is 1. The third kappa shape index (κ3) is 2.79. The van der Waals surface area contributed by atoms with Crippen molar-refractivity contribution in [3.63, 3.8) is 0 Å². The molecule has 4 atom stereocenters. The van der Waals surface area contributed by atoms with Crippen molar-refractivity contribution in [2.75, 3.05) is 13.2 Å². The Kier molecular flexibility index (Phi) is 4.46. The molecule has 4 aliphatic carbocycles. The van der Waals surface area contributed by atoms with Crippen molar-refractivity contribution in [1.29, 1.82) is 0 Å². The third-order valence-corrected chi connectivity index (χ3v) is 9.18. The molecule has 0 bridgehead atoms. The largest absolute Gasteiger partial charge is 0.344 e. The fraction of sp³-hybridized carbons (Fsp3) is 0.577. The third-order valence-electron chi connectivity index (χ3n) is 8.65. The number of rotatable bonds is 1. The Labute approximate surface area is 187 Å².